The van der Waals surface area contributed by atoms with Gasteiger partial charge < -0.3 is 9.88 Å². The summed E-state index contributed by atoms with van der Waals surface area (Å²) in [7, 11) is 0. The zero-order chi connectivity index (χ0) is 25.9. The number of pyridine rings is 1. The second kappa shape index (κ2) is 8.63. The number of nitrogens with one attached hydrogen (secondary N) is 1. The number of carbonyl (C=O) groups excluding carboxylic acids is 1. The average Bonchev–Trinajstić information content (AvgIpc) is 3.60. The molecule has 0 saturated heterocycles. The summed E-state index contributed by atoms with van der Waals surface area (Å²) in [5.74, 6) is 1.81. The van der Waals surface area contributed by atoms with Crippen molar-refractivity contribution in [2.45, 2.75) is 44.2 Å². The minimum atomic E-state index is -0.650. The van der Waals surface area contributed by atoms with Crippen LogP contribution in [0.4, 0.5) is 0 Å². The van der Waals surface area contributed by atoms with Gasteiger partial charge in [0.15, 0.2) is 5.17 Å². The van der Waals surface area contributed by atoms with Gasteiger partial charge in [0.05, 0.1) is 22.9 Å². The zero-order valence-electron chi connectivity index (χ0n) is 21.3. The number of hydrogen-bond donors (Lipinski definition) is 1. The first kappa shape index (κ1) is 23.3. The summed E-state index contributed by atoms with van der Waals surface area (Å²) in [5, 5.41) is 12.6. The van der Waals surface area contributed by atoms with Gasteiger partial charge in [-0.05, 0) is 66.6 Å². The van der Waals surface area contributed by atoms with Crippen LogP contribution in [0.15, 0.2) is 84.4 Å². The first-order valence-electron chi connectivity index (χ1n) is 13.0. The van der Waals surface area contributed by atoms with E-state index in [0.29, 0.717) is 6.42 Å². The van der Waals surface area contributed by atoms with Crippen molar-refractivity contribution in [1.82, 2.24) is 25.1 Å². The molecule has 2 aromatic heterocycles. The molecule has 4 aromatic rings. The van der Waals surface area contributed by atoms with Gasteiger partial charge >= 0.3 is 0 Å². The molecule has 38 heavy (non-hydrogen) atoms. The Kier molecular flexibility index (Phi) is 5.30. The lowest BCUT2D eigenvalue weighted by atomic mass is 9.55. The Bertz CT molecular complexity index is 1570. The molecule has 0 fully saturated rings. The number of aliphatic imine (C=N–C) groups is 1. The Balaban J connectivity index is 1.09. The molecular weight excluding hydrogens is 492 g/mol. The first-order chi connectivity index (χ1) is 18.5. The van der Waals surface area contributed by atoms with Gasteiger partial charge in [-0.15, -0.1) is 10.2 Å². The van der Waals surface area contributed by atoms with Crippen molar-refractivity contribution in [1.29, 1.82) is 0 Å². The molecule has 1 N–H and O–H groups in total. The van der Waals surface area contributed by atoms with Gasteiger partial charge in [0.25, 0.3) is 0 Å². The molecule has 8 heteroatoms. The van der Waals surface area contributed by atoms with Crippen LogP contribution in [0.2, 0.25) is 0 Å². The fourth-order valence-corrected chi connectivity index (χ4v) is 7.60. The standard InChI is InChI=1S/C30H28N6OS/c1-29-17-30(2,25(36-18-32-35-26(29)36)23-5-3-4-6-24(23)29)27(37)34-28-33-22(16-38-28)15-19-7-9-20(10-8-19)21-11-13-31-14-12-21/h3-14,18,22,25H,15-17H2,1-2H3,(H,33,34,37). The van der Waals surface area contributed by atoms with E-state index in [2.05, 4.69) is 87.4 Å². The number of benzene rings is 2. The number of thioether (sulfide) groups is 1. The molecule has 4 aliphatic rings. The minimum absolute atomic E-state index is 0.0104. The fourth-order valence-electron chi connectivity index (χ4n) is 6.67. The number of carbonyl (C=O) groups is 1. The quantitative estimate of drug-likeness (QED) is 0.418. The van der Waals surface area contributed by atoms with Crippen LogP contribution in [0.25, 0.3) is 11.1 Å². The van der Waals surface area contributed by atoms with Gasteiger partial charge in [-0.2, -0.15) is 0 Å². The van der Waals surface area contributed by atoms with Crippen molar-refractivity contribution in [3.05, 3.63) is 102 Å². The lowest BCUT2D eigenvalue weighted by Gasteiger charge is -2.54. The Labute approximate surface area is 225 Å². The largest absolute Gasteiger partial charge is 0.308 e. The lowest BCUT2D eigenvalue weighted by Crippen LogP contribution is -2.57. The van der Waals surface area contributed by atoms with E-state index < -0.39 is 5.41 Å². The van der Waals surface area contributed by atoms with Crippen LogP contribution in [-0.4, -0.2) is 42.6 Å². The van der Waals surface area contributed by atoms with E-state index in [1.807, 2.05) is 24.5 Å². The molecule has 190 valence electrons. The van der Waals surface area contributed by atoms with Crippen LogP contribution in [0.1, 0.15) is 48.8 Å². The van der Waals surface area contributed by atoms with Gasteiger partial charge in [0.2, 0.25) is 5.91 Å². The zero-order valence-corrected chi connectivity index (χ0v) is 22.2. The summed E-state index contributed by atoms with van der Waals surface area (Å²) in [6.07, 6.45) is 6.92. The van der Waals surface area contributed by atoms with Gasteiger partial charge in [-0.3, -0.25) is 14.8 Å². The van der Waals surface area contributed by atoms with Crippen molar-refractivity contribution in [2.24, 2.45) is 10.4 Å². The summed E-state index contributed by atoms with van der Waals surface area (Å²) in [6, 6.07) is 21.1. The SMILES string of the molecule is CC12CC(C)(C(=O)NC3=NC(Cc4ccc(-c5ccncc5)cc4)CS3)C(c3ccccc31)n1cnnc12. The maximum Gasteiger partial charge on any atom is 0.234 e. The van der Waals surface area contributed by atoms with Crippen molar-refractivity contribution in [3.63, 3.8) is 0 Å². The highest BCUT2D eigenvalue weighted by atomic mass is 32.2. The Morgan fingerprint density at radius 1 is 1.05 bits per heavy atom. The number of fused-ring (bicyclic) bond motifs is 1. The topological polar surface area (TPSA) is 85.1 Å². The number of rotatable bonds is 4. The van der Waals surface area contributed by atoms with Gasteiger partial charge in [-0.1, -0.05) is 60.3 Å². The molecule has 0 saturated carbocycles. The summed E-state index contributed by atoms with van der Waals surface area (Å²) < 4.78 is 2.10. The molecule has 4 unspecified atom stereocenters. The third kappa shape index (κ3) is 3.54. The summed E-state index contributed by atoms with van der Waals surface area (Å²) in [6.45, 7) is 4.26. The smallest absolute Gasteiger partial charge is 0.234 e. The average molecular weight is 521 g/mol. The number of aromatic nitrogens is 4. The van der Waals surface area contributed by atoms with Crippen molar-refractivity contribution in [3.8, 4) is 11.1 Å². The van der Waals surface area contributed by atoms with E-state index in [1.54, 1.807) is 18.1 Å². The second-order valence-electron chi connectivity index (χ2n) is 11.0. The molecule has 2 aromatic carbocycles. The van der Waals surface area contributed by atoms with E-state index in [4.69, 9.17) is 4.99 Å². The molecule has 2 bridgehead atoms. The fraction of sp³-hybridized carbons (Fsp3) is 0.300. The van der Waals surface area contributed by atoms with Gasteiger partial charge in [0, 0.05) is 18.1 Å². The highest BCUT2D eigenvalue weighted by Crippen LogP contribution is 2.60. The van der Waals surface area contributed by atoms with E-state index in [9.17, 15) is 4.79 Å². The van der Waals surface area contributed by atoms with E-state index in [0.717, 1.165) is 28.7 Å². The molecule has 8 rings (SSSR count). The Hall–Kier alpha value is -3.78. The van der Waals surface area contributed by atoms with Gasteiger partial charge in [-0.25, -0.2) is 0 Å². The van der Waals surface area contributed by atoms with E-state index in [1.165, 1.54) is 22.3 Å². The molecular formula is C30H28N6OS. The van der Waals surface area contributed by atoms with Crippen molar-refractivity contribution in [2.75, 3.05) is 5.75 Å². The highest BCUT2D eigenvalue weighted by molar-refractivity contribution is 8.14. The first-order valence-corrected chi connectivity index (χ1v) is 13.9. The maximum atomic E-state index is 13.9. The summed E-state index contributed by atoms with van der Waals surface area (Å²) >= 11 is 1.63. The monoisotopic (exact) mass is 520 g/mol. The van der Waals surface area contributed by atoms with Crippen LogP contribution in [0.5, 0.6) is 0 Å². The molecule has 1 amide bonds. The highest BCUT2D eigenvalue weighted by Gasteiger charge is 2.60. The maximum absolute atomic E-state index is 13.9. The van der Waals surface area contributed by atoms with Crippen molar-refractivity contribution < 1.29 is 4.79 Å². The summed E-state index contributed by atoms with van der Waals surface area (Å²) in [5.41, 5.74) is 4.98. The minimum Gasteiger partial charge on any atom is -0.308 e. The molecule has 4 atom stereocenters. The van der Waals surface area contributed by atoms with Crippen LogP contribution in [0, 0.1) is 5.41 Å². The van der Waals surface area contributed by atoms with E-state index >= 15 is 0 Å². The second-order valence-corrected chi connectivity index (χ2v) is 12.0. The predicted octanol–water partition coefficient (Wildman–Crippen LogP) is 4.79. The summed E-state index contributed by atoms with van der Waals surface area (Å²) in [4.78, 5) is 22.9. The third-order valence-electron chi connectivity index (χ3n) is 8.41. The Morgan fingerprint density at radius 3 is 2.63 bits per heavy atom. The third-order valence-corrected chi connectivity index (χ3v) is 9.44. The van der Waals surface area contributed by atoms with E-state index in [-0.39, 0.29) is 23.4 Å². The molecule has 3 aliphatic heterocycles. The van der Waals surface area contributed by atoms with Crippen LogP contribution in [0.3, 0.4) is 0 Å². The van der Waals surface area contributed by atoms with Gasteiger partial charge in [0.1, 0.15) is 12.2 Å². The number of amides is 1. The number of nitrogens with zero attached hydrogens (tertiary/aromatic N) is 5. The normalized spacial score (nSPS) is 26.9. The molecule has 0 spiro atoms. The van der Waals surface area contributed by atoms with Crippen molar-refractivity contribution >= 4 is 22.8 Å². The molecule has 1 aliphatic carbocycles. The number of hydrogen-bond acceptors (Lipinski definition) is 6. The van der Waals surface area contributed by atoms with Crippen LogP contribution in [-0.2, 0) is 16.6 Å². The molecule has 0 radical (unpaired) electrons. The lowest BCUT2D eigenvalue weighted by molar-refractivity contribution is -0.133. The molecule has 7 nitrogen and oxygen atoms in total. The predicted molar refractivity (Wildman–Crippen MR) is 149 cm³/mol. The van der Waals surface area contributed by atoms with Crippen LogP contribution < -0.4 is 5.32 Å². The Morgan fingerprint density at radius 2 is 1.82 bits per heavy atom. The number of amidine groups is 1. The molecule has 5 heterocycles. The van der Waals surface area contributed by atoms with Crippen LogP contribution >= 0.6 is 11.8 Å².